The van der Waals surface area contributed by atoms with Crippen LogP contribution < -0.4 is 11.1 Å². The van der Waals surface area contributed by atoms with Gasteiger partial charge in [-0.25, -0.2) is 4.79 Å². The summed E-state index contributed by atoms with van der Waals surface area (Å²) < 4.78 is 13.5. The Morgan fingerprint density at radius 2 is 1.95 bits per heavy atom. The molecule has 0 saturated carbocycles. The van der Waals surface area contributed by atoms with E-state index in [1.54, 1.807) is 4.90 Å². The fraction of sp³-hybridized carbons (Fsp3) is 0.552. The number of anilines is 2. The van der Waals surface area contributed by atoms with Crippen molar-refractivity contribution in [2.45, 2.75) is 84.0 Å². The summed E-state index contributed by atoms with van der Waals surface area (Å²) in [4.78, 5) is 15.1. The van der Waals surface area contributed by atoms with Gasteiger partial charge in [0.1, 0.15) is 6.61 Å². The summed E-state index contributed by atoms with van der Waals surface area (Å²) in [6.45, 7) is 12.3. The van der Waals surface area contributed by atoms with Gasteiger partial charge in [0.05, 0.1) is 29.6 Å². The van der Waals surface area contributed by atoms with E-state index >= 15 is 0 Å². The van der Waals surface area contributed by atoms with Crippen molar-refractivity contribution in [3.63, 3.8) is 0 Å². The van der Waals surface area contributed by atoms with Crippen LogP contribution in [0.15, 0.2) is 53.0 Å². The number of nitrogens with one attached hydrogen (secondary N) is 1. The first-order chi connectivity index (χ1) is 17.8. The Kier molecular flexibility index (Phi) is 10.7. The lowest BCUT2D eigenvalue weighted by Crippen LogP contribution is -2.56. The number of nitrogen functional groups attached to an aromatic ring is 1. The Labute approximate surface area is 237 Å². The standard InChI is InChI=1S/C29H44BrN3O4Si/c1-29(2,3)20-38(4,5)37-27-12-9-15-33(28(35)36-19-21-10-7-6-8-11-21)26(27)17-23(34)18-32-25-14-13-22(30)16-24(25)31/h6-8,10-11,13-14,16,23,26-27,32,34H,9,12,15,17-20,31H2,1-5H3/t23?,26-,27+/m1/s1. The molecule has 0 aliphatic carbocycles. The highest BCUT2D eigenvalue weighted by atomic mass is 79.9. The lowest BCUT2D eigenvalue weighted by molar-refractivity contribution is -0.00813. The third kappa shape index (κ3) is 9.59. The van der Waals surface area contributed by atoms with Gasteiger partial charge in [-0.05, 0) is 67.6 Å². The number of benzene rings is 2. The van der Waals surface area contributed by atoms with E-state index in [9.17, 15) is 9.90 Å². The maximum absolute atomic E-state index is 13.3. The highest BCUT2D eigenvalue weighted by Crippen LogP contribution is 2.33. The van der Waals surface area contributed by atoms with Gasteiger partial charge < -0.3 is 30.2 Å². The molecule has 0 aromatic heterocycles. The maximum Gasteiger partial charge on any atom is 0.410 e. The number of carbonyl (C=O) groups is 1. The average Bonchev–Trinajstić information content (AvgIpc) is 2.82. The van der Waals surface area contributed by atoms with E-state index < -0.39 is 14.4 Å². The first kappa shape index (κ1) is 30.5. The molecule has 0 spiro atoms. The Bertz CT molecular complexity index is 1050. The largest absolute Gasteiger partial charge is 0.445 e. The minimum atomic E-state index is -2.04. The molecule has 4 N–H and O–H groups in total. The molecule has 1 aliphatic heterocycles. The molecule has 1 amide bonds. The monoisotopic (exact) mass is 605 g/mol. The third-order valence-electron chi connectivity index (χ3n) is 6.64. The molecule has 3 rings (SSSR count). The number of nitrogens with zero attached hydrogens (tertiary/aromatic N) is 1. The molecule has 1 aliphatic rings. The molecule has 7 nitrogen and oxygen atoms in total. The van der Waals surface area contributed by atoms with Crippen LogP contribution in [0.1, 0.15) is 45.6 Å². The molecule has 1 saturated heterocycles. The molecule has 3 atom stereocenters. The van der Waals surface area contributed by atoms with Gasteiger partial charge in [-0.15, -0.1) is 0 Å². The summed E-state index contributed by atoms with van der Waals surface area (Å²) in [6.07, 6.45) is 0.862. The van der Waals surface area contributed by atoms with E-state index in [4.69, 9.17) is 14.9 Å². The zero-order valence-corrected chi connectivity index (χ0v) is 26.0. The lowest BCUT2D eigenvalue weighted by Gasteiger charge is -2.45. The molecule has 0 radical (unpaired) electrons. The number of ether oxygens (including phenoxy) is 1. The number of halogens is 1. The van der Waals surface area contributed by atoms with Crippen molar-refractivity contribution in [2.24, 2.45) is 5.41 Å². The number of amides is 1. The predicted molar refractivity (Wildman–Crippen MR) is 161 cm³/mol. The second-order valence-corrected chi connectivity index (χ2v) is 17.1. The van der Waals surface area contributed by atoms with Gasteiger partial charge in [-0.2, -0.15) is 0 Å². The summed E-state index contributed by atoms with van der Waals surface area (Å²) in [7, 11) is -2.04. The number of carbonyl (C=O) groups excluding carboxylic acids is 1. The van der Waals surface area contributed by atoms with Crippen LogP contribution in [0.4, 0.5) is 16.2 Å². The van der Waals surface area contributed by atoms with Crippen LogP contribution in [-0.2, 0) is 15.8 Å². The molecule has 1 heterocycles. The molecular weight excluding hydrogens is 562 g/mol. The van der Waals surface area contributed by atoms with Crippen molar-refractivity contribution in [1.29, 1.82) is 0 Å². The number of aliphatic hydroxyl groups is 1. The highest BCUT2D eigenvalue weighted by molar-refractivity contribution is 9.10. The van der Waals surface area contributed by atoms with Crippen LogP contribution in [0.3, 0.4) is 0 Å². The highest BCUT2D eigenvalue weighted by Gasteiger charge is 2.41. The second kappa shape index (κ2) is 13.3. The van der Waals surface area contributed by atoms with Crippen LogP contribution in [0.25, 0.3) is 0 Å². The molecular formula is C29H44BrN3O4Si. The average molecular weight is 607 g/mol. The SMILES string of the molecule is CC(C)(C)C[Si](C)(C)O[C@H]1CCCN(C(=O)OCc2ccccc2)[C@@H]1CC(O)CNc1ccc(Br)cc1N. The Morgan fingerprint density at radius 1 is 1.24 bits per heavy atom. The number of aliphatic hydroxyl groups excluding tert-OH is 1. The van der Waals surface area contributed by atoms with E-state index in [0.29, 0.717) is 25.2 Å². The fourth-order valence-corrected chi connectivity index (χ4v) is 9.59. The van der Waals surface area contributed by atoms with Crippen LogP contribution in [0.5, 0.6) is 0 Å². The molecule has 0 bridgehead atoms. The second-order valence-electron chi connectivity index (χ2n) is 12.1. The third-order valence-corrected chi connectivity index (χ3v) is 9.98. The smallest absolute Gasteiger partial charge is 0.410 e. The Balaban J connectivity index is 1.73. The first-order valence-electron chi connectivity index (χ1n) is 13.4. The summed E-state index contributed by atoms with van der Waals surface area (Å²) in [5, 5.41) is 14.3. The van der Waals surface area contributed by atoms with Gasteiger partial charge in [0.25, 0.3) is 0 Å². The van der Waals surface area contributed by atoms with E-state index in [1.807, 2.05) is 48.5 Å². The van der Waals surface area contributed by atoms with Crippen molar-refractivity contribution >= 4 is 41.7 Å². The maximum atomic E-state index is 13.3. The number of hydrogen-bond donors (Lipinski definition) is 3. The first-order valence-corrected chi connectivity index (χ1v) is 17.4. The topological polar surface area (TPSA) is 97.0 Å². The molecule has 2 aromatic carbocycles. The van der Waals surface area contributed by atoms with Gasteiger partial charge in [0, 0.05) is 17.6 Å². The summed E-state index contributed by atoms with van der Waals surface area (Å²) in [5.41, 5.74) is 8.58. The molecule has 1 fully saturated rings. The van der Waals surface area contributed by atoms with Crippen LogP contribution in [0.2, 0.25) is 19.1 Å². The van der Waals surface area contributed by atoms with E-state index in [1.165, 1.54) is 0 Å². The quantitative estimate of drug-likeness (QED) is 0.208. The number of likely N-dealkylation sites (tertiary alicyclic amines) is 1. The van der Waals surface area contributed by atoms with E-state index in [-0.39, 0.29) is 30.3 Å². The summed E-state index contributed by atoms with van der Waals surface area (Å²) in [5.74, 6) is 0. The minimum absolute atomic E-state index is 0.149. The molecule has 2 aromatic rings. The summed E-state index contributed by atoms with van der Waals surface area (Å²) >= 11 is 3.42. The van der Waals surface area contributed by atoms with Crippen molar-refractivity contribution in [3.05, 3.63) is 58.6 Å². The van der Waals surface area contributed by atoms with Crippen LogP contribution in [-0.4, -0.2) is 55.8 Å². The van der Waals surface area contributed by atoms with Gasteiger partial charge >= 0.3 is 6.09 Å². The number of rotatable bonds is 10. The molecule has 210 valence electrons. The van der Waals surface area contributed by atoms with Crippen LogP contribution in [0, 0.1) is 5.41 Å². The lowest BCUT2D eigenvalue weighted by atomic mass is 9.94. The Morgan fingerprint density at radius 3 is 2.61 bits per heavy atom. The number of nitrogens with two attached hydrogens (primary N) is 1. The van der Waals surface area contributed by atoms with Crippen LogP contribution >= 0.6 is 15.9 Å². The number of hydrogen-bond acceptors (Lipinski definition) is 6. The normalized spacial score (nSPS) is 19.2. The Hall–Kier alpha value is -2.07. The molecule has 38 heavy (non-hydrogen) atoms. The van der Waals surface area contributed by atoms with Crippen molar-refractivity contribution in [3.8, 4) is 0 Å². The van der Waals surface area contributed by atoms with Gasteiger partial charge in [0.2, 0.25) is 0 Å². The van der Waals surface area contributed by atoms with Gasteiger partial charge in [0.15, 0.2) is 8.32 Å². The molecule has 9 heteroatoms. The van der Waals surface area contributed by atoms with Crippen molar-refractivity contribution in [1.82, 2.24) is 4.90 Å². The van der Waals surface area contributed by atoms with Crippen molar-refractivity contribution in [2.75, 3.05) is 24.1 Å². The summed E-state index contributed by atoms with van der Waals surface area (Å²) in [6, 6.07) is 16.0. The van der Waals surface area contributed by atoms with Gasteiger partial charge in [-0.3, -0.25) is 0 Å². The van der Waals surface area contributed by atoms with E-state index in [0.717, 1.165) is 34.6 Å². The fourth-order valence-electron chi connectivity index (χ4n) is 5.48. The van der Waals surface area contributed by atoms with Gasteiger partial charge in [-0.1, -0.05) is 67.0 Å². The predicted octanol–water partition coefficient (Wildman–Crippen LogP) is 6.63. The van der Waals surface area contributed by atoms with Crippen molar-refractivity contribution < 1.29 is 19.1 Å². The zero-order valence-electron chi connectivity index (χ0n) is 23.4. The van der Waals surface area contributed by atoms with E-state index in [2.05, 4.69) is 55.1 Å². The zero-order chi connectivity index (χ0) is 27.9. The number of piperidine rings is 1. The minimum Gasteiger partial charge on any atom is -0.445 e. The molecule has 1 unspecified atom stereocenters.